The van der Waals surface area contributed by atoms with Crippen molar-refractivity contribution >= 4 is 43.1 Å². The monoisotopic (exact) mass is 814 g/mol. The van der Waals surface area contributed by atoms with Crippen molar-refractivity contribution < 1.29 is 0 Å². The summed E-state index contributed by atoms with van der Waals surface area (Å²) in [6.07, 6.45) is 0. The lowest BCUT2D eigenvalue weighted by atomic mass is 9.79. The summed E-state index contributed by atoms with van der Waals surface area (Å²) in [5.41, 5.74) is 20.7. The first-order valence-corrected chi connectivity index (χ1v) is 22.7. The van der Waals surface area contributed by atoms with E-state index < -0.39 is 0 Å². The van der Waals surface area contributed by atoms with Crippen LogP contribution in [-0.4, -0.2) is 0 Å². The molecule has 0 heterocycles. The van der Waals surface area contributed by atoms with Crippen LogP contribution in [-0.2, 0) is 10.8 Å². The molecule has 11 aromatic carbocycles. The highest BCUT2D eigenvalue weighted by atomic mass is 14.4. The third-order valence-corrected chi connectivity index (χ3v) is 15.0. The van der Waals surface area contributed by atoms with E-state index in [2.05, 4.69) is 234 Å². The Balaban J connectivity index is 1.02. The SMILES string of the molecule is CC1(C)c2ccccc2-c2cc(-c3c4ccccc4c(-c4ccc5c(c4)C(C)(C)c4cc(-c6ccc7ccccc7c6)ccc4-5)c4ccc(-c5ccc6ccccc6c5)cc34)ccc21. The zero-order valence-electron chi connectivity index (χ0n) is 36.6. The molecule has 0 N–H and O–H groups in total. The molecule has 2 aliphatic rings. The Morgan fingerprint density at radius 1 is 0.234 bits per heavy atom. The van der Waals surface area contributed by atoms with Crippen molar-refractivity contribution in [3.8, 4) is 66.8 Å². The molecule has 0 spiro atoms. The number of rotatable bonds is 4. The van der Waals surface area contributed by atoms with E-state index in [9.17, 15) is 0 Å². The minimum Gasteiger partial charge on any atom is -0.0619 e. The van der Waals surface area contributed by atoms with Gasteiger partial charge in [0.15, 0.2) is 0 Å². The van der Waals surface area contributed by atoms with Gasteiger partial charge in [-0.25, -0.2) is 0 Å². The second kappa shape index (κ2) is 13.5. The van der Waals surface area contributed by atoms with Crippen LogP contribution in [0, 0.1) is 0 Å². The Hall–Kier alpha value is -7.54. The molecule has 0 nitrogen and oxygen atoms in total. The highest BCUT2D eigenvalue weighted by molar-refractivity contribution is 6.22. The van der Waals surface area contributed by atoms with Crippen LogP contribution in [0.15, 0.2) is 206 Å². The third kappa shape index (κ3) is 5.36. The number of hydrogen-bond donors (Lipinski definition) is 0. The van der Waals surface area contributed by atoms with Crippen molar-refractivity contribution in [1.29, 1.82) is 0 Å². The van der Waals surface area contributed by atoms with E-state index >= 15 is 0 Å². The van der Waals surface area contributed by atoms with E-state index in [0.29, 0.717) is 0 Å². The Morgan fingerprint density at radius 2 is 0.641 bits per heavy atom. The first-order chi connectivity index (χ1) is 31.2. The van der Waals surface area contributed by atoms with Crippen LogP contribution in [0.25, 0.3) is 110 Å². The van der Waals surface area contributed by atoms with Gasteiger partial charge in [0.25, 0.3) is 0 Å². The zero-order chi connectivity index (χ0) is 42.9. The summed E-state index contributed by atoms with van der Waals surface area (Å²) in [6.45, 7) is 9.56. The van der Waals surface area contributed by atoms with Gasteiger partial charge in [-0.15, -0.1) is 0 Å². The zero-order valence-corrected chi connectivity index (χ0v) is 36.6. The van der Waals surface area contributed by atoms with E-state index in [1.807, 2.05) is 0 Å². The molecule has 0 aromatic heterocycles. The van der Waals surface area contributed by atoms with Crippen molar-refractivity contribution in [2.75, 3.05) is 0 Å². The molecule has 64 heavy (non-hydrogen) atoms. The molecule has 0 bridgehead atoms. The molecule has 0 saturated carbocycles. The summed E-state index contributed by atoms with van der Waals surface area (Å²) >= 11 is 0. The molecule has 0 amide bonds. The molecule has 0 unspecified atom stereocenters. The first-order valence-electron chi connectivity index (χ1n) is 22.7. The predicted octanol–water partition coefficient (Wildman–Crippen LogP) is 17.6. The Bertz CT molecular complexity index is 3780. The molecule has 11 aromatic rings. The molecule has 2 aliphatic carbocycles. The largest absolute Gasteiger partial charge is 0.0619 e. The van der Waals surface area contributed by atoms with Gasteiger partial charge in [-0.1, -0.05) is 198 Å². The summed E-state index contributed by atoms with van der Waals surface area (Å²) in [7, 11) is 0. The average molecular weight is 815 g/mol. The van der Waals surface area contributed by atoms with E-state index in [4.69, 9.17) is 0 Å². The predicted molar refractivity (Wildman–Crippen MR) is 273 cm³/mol. The standard InChI is InChI=1S/C64H46/c1-63(2)57-20-12-11-17-49(57)55-36-47(28-32-58(55)63)62-53-19-10-9-18-52(53)61(54-31-26-45(35-56(54)62)43-23-21-39-13-5-7-15-41(39)33-43)48-27-30-51-50-29-25-46(37-59(50)64(3,4)60(51)38-48)44-24-22-40-14-6-8-16-42(40)34-44/h5-38H,1-4H3. The topological polar surface area (TPSA) is 0 Å². The van der Waals surface area contributed by atoms with E-state index in [1.54, 1.807) is 0 Å². The third-order valence-electron chi connectivity index (χ3n) is 15.0. The van der Waals surface area contributed by atoms with Crippen molar-refractivity contribution in [3.63, 3.8) is 0 Å². The summed E-state index contributed by atoms with van der Waals surface area (Å²) < 4.78 is 0. The highest BCUT2D eigenvalue weighted by Gasteiger charge is 2.37. The van der Waals surface area contributed by atoms with Gasteiger partial charge < -0.3 is 0 Å². The number of hydrogen-bond acceptors (Lipinski definition) is 0. The molecule has 13 rings (SSSR count). The first kappa shape index (κ1) is 37.1. The smallest absolute Gasteiger partial charge is 0.0159 e. The summed E-state index contributed by atoms with van der Waals surface area (Å²) in [5, 5.41) is 10.1. The Kier molecular flexibility index (Phi) is 7.80. The molecular formula is C64H46. The maximum Gasteiger partial charge on any atom is 0.0159 e. The maximum atomic E-state index is 2.51. The van der Waals surface area contributed by atoms with Crippen molar-refractivity contribution in [2.45, 2.75) is 38.5 Å². The van der Waals surface area contributed by atoms with Crippen LogP contribution in [0.3, 0.4) is 0 Å². The van der Waals surface area contributed by atoms with E-state index in [-0.39, 0.29) is 10.8 Å². The van der Waals surface area contributed by atoms with Gasteiger partial charge in [-0.2, -0.15) is 0 Å². The minimum atomic E-state index is -0.184. The van der Waals surface area contributed by atoms with Crippen LogP contribution >= 0.6 is 0 Å². The van der Waals surface area contributed by atoms with Crippen LogP contribution in [0.5, 0.6) is 0 Å². The van der Waals surface area contributed by atoms with E-state index in [0.717, 1.165) is 0 Å². The van der Waals surface area contributed by atoms with Gasteiger partial charge in [0.05, 0.1) is 0 Å². The lowest BCUT2D eigenvalue weighted by Gasteiger charge is -2.24. The maximum absolute atomic E-state index is 2.51. The molecule has 0 aliphatic heterocycles. The fourth-order valence-electron chi connectivity index (χ4n) is 11.7. The molecule has 0 atom stereocenters. The fourth-order valence-corrected chi connectivity index (χ4v) is 11.7. The van der Waals surface area contributed by atoms with Crippen molar-refractivity contribution in [2.24, 2.45) is 0 Å². The second-order valence-corrected chi connectivity index (χ2v) is 19.3. The van der Waals surface area contributed by atoms with Crippen LogP contribution < -0.4 is 0 Å². The van der Waals surface area contributed by atoms with Gasteiger partial charge in [0, 0.05) is 10.8 Å². The molecule has 0 fully saturated rings. The molecule has 302 valence electrons. The Morgan fingerprint density at radius 3 is 1.31 bits per heavy atom. The molecular weight excluding hydrogens is 769 g/mol. The summed E-state index contributed by atoms with van der Waals surface area (Å²) in [4.78, 5) is 0. The highest BCUT2D eigenvalue weighted by Crippen LogP contribution is 2.54. The number of fused-ring (bicyclic) bond motifs is 10. The van der Waals surface area contributed by atoms with Gasteiger partial charge >= 0.3 is 0 Å². The fraction of sp³-hybridized carbons (Fsp3) is 0.0938. The average Bonchev–Trinajstić information content (AvgIpc) is 3.70. The van der Waals surface area contributed by atoms with Crippen molar-refractivity contribution in [3.05, 3.63) is 229 Å². The summed E-state index contributed by atoms with van der Waals surface area (Å²) in [6, 6.07) is 78.1. The second-order valence-electron chi connectivity index (χ2n) is 19.3. The van der Waals surface area contributed by atoms with Crippen LogP contribution in [0.2, 0.25) is 0 Å². The van der Waals surface area contributed by atoms with Gasteiger partial charge in [0.2, 0.25) is 0 Å². The number of benzene rings is 11. The summed E-state index contributed by atoms with van der Waals surface area (Å²) in [5.74, 6) is 0. The quantitative estimate of drug-likeness (QED) is 0.155. The molecule has 0 saturated heterocycles. The minimum absolute atomic E-state index is 0.0548. The van der Waals surface area contributed by atoms with Crippen molar-refractivity contribution in [1.82, 2.24) is 0 Å². The van der Waals surface area contributed by atoms with Gasteiger partial charge in [-0.3, -0.25) is 0 Å². The lowest BCUT2D eigenvalue weighted by molar-refractivity contribution is 0.660. The van der Waals surface area contributed by atoms with Crippen LogP contribution in [0.4, 0.5) is 0 Å². The Labute approximate surface area is 375 Å². The normalized spacial score (nSPS) is 14.2. The van der Waals surface area contributed by atoms with Gasteiger partial charge in [-0.05, 0) is 169 Å². The van der Waals surface area contributed by atoms with Gasteiger partial charge in [0.1, 0.15) is 0 Å². The molecule has 0 heteroatoms. The van der Waals surface area contributed by atoms with Crippen LogP contribution in [0.1, 0.15) is 49.9 Å². The molecule has 0 radical (unpaired) electrons. The van der Waals surface area contributed by atoms with E-state index in [1.165, 1.54) is 132 Å². The lowest BCUT2D eigenvalue weighted by Crippen LogP contribution is -2.15.